The fourth-order valence-electron chi connectivity index (χ4n) is 8.37. The SMILES string of the molecule is CC(C)=O.CC(C)=O.CCOP([O-])OCC.CCOP([O-])OCC.CCOP([O-])OCC.COc1ccc(-c2c3ccc([n-]3)c(-c3ccc(OC)cc3)c3ccc([n-]3)[c+](-c3ccc(OC)cc3)c3ccc([n-]3)[c+](-c3ccc(OC)cc3)c3ccc2[n-]3)cc1.[Co+3].[Yb+3].c1cc[cH-]c1. The second-order valence-corrected chi connectivity index (χ2v) is 22.1. The summed E-state index contributed by atoms with van der Waals surface area (Å²) >= 11 is 0. The van der Waals surface area contributed by atoms with Crippen LogP contribution in [0, 0.1) is 46.9 Å². The maximum Gasteiger partial charge on any atom is 3.00 e. The molecule has 0 atom stereocenters. The molecule has 8 bridgehead atoms. The molecular weight excluding hydrogens is 1470 g/mol. The normalized spacial score (nSPS) is 10.2. The Balaban J connectivity index is 0.000000641. The van der Waals surface area contributed by atoms with Crippen LogP contribution >= 0.6 is 25.8 Å². The predicted octanol–water partition coefficient (Wildman–Crippen LogP) is 15.1. The summed E-state index contributed by atoms with van der Waals surface area (Å²) in [6, 6.07) is 58.5. The minimum absolute atomic E-state index is 0. The number of methoxy groups -OCH3 is 4. The first-order valence-corrected chi connectivity index (χ1v) is 33.1. The predicted molar refractivity (Wildman–Crippen MR) is 369 cm³/mol. The van der Waals surface area contributed by atoms with Crippen LogP contribution in [-0.2, 0) is 53.5 Å². The number of carbonyl (C=O) groups excluding carboxylic acids is 2. The molecule has 0 fully saturated rings. The minimum atomic E-state index is -1.83. The van der Waals surface area contributed by atoms with Gasteiger partial charge in [-0.15, -0.1) is 22.1 Å². The fraction of sp³-hybridized carbons (Fsp3) is 0.282. The average molecular weight is 1560 g/mol. The number of hydrogen-bond donors (Lipinski definition) is 0. The van der Waals surface area contributed by atoms with Crippen molar-refractivity contribution >= 4 is 81.5 Å². The Bertz CT molecular complexity index is 3240. The van der Waals surface area contributed by atoms with E-state index < -0.39 is 25.8 Å². The summed E-state index contributed by atoms with van der Waals surface area (Å²) in [5, 5.41) is 0. The van der Waals surface area contributed by atoms with Crippen molar-refractivity contribution in [3.63, 3.8) is 0 Å². The maximum absolute atomic E-state index is 10.3. The largest absolute Gasteiger partial charge is 3.00 e. The zero-order valence-electron chi connectivity index (χ0n) is 55.8. The molecule has 95 heavy (non-hydrogen) atoms. The number of rotatable bonds is 20. The summed E-state index contributed by atoms with van der Waals surface area (Å²) in [4.78, 5) is 71.3. The monoisotopic (exact) mass is 1560 g/mol. The van der Waals surface area contributed by atoms with E-state index >= 15 is 0 Å². The smallest absolute Gasteiger partial charge is 0.786 e. The van der Waals surface area contributed by atoms with Crippen LogP contribution in [0.3, 0.4) is 0 Å². The number of nitrogens with zero attached hydrogens (tertiary/aromatic N) is 4. The van der Waals surface area contributed by atoms with Crippen LogP contribution in [0.5, 0.6) is 23.0 Å². The summed E-state index contributed by atoms with van der Waals surface area (Å²) in [6.07, 6.45) is 0. The fourth-order valence-corrected chi connectivity index (χ4v) is 9.85. The van der Waals surface area contributed by atoms with Gasteiger partial charge in [0.25, 0.3) is 0 Å². The number of aromatic nitrogens is 4. The Hall–Kier alpha value is -5.67. The summed E-state index contributed by atoms with van der Waals surface area (Å²) in [5.74, 6) is 3.40. The van der Waals surface area contributed by atoms with Crippen LogP contribution in [0.4, 0.5) is 0 Å². The van der Waals surface area contributed by atoms with Gasteiger partial charge in [-0.2, -0.15) is 18.2 Å². The zero-order chi connectivity index (χ0) is 68.1. The van der Waals surface area contributed by atoms with Crippen molar-refractivity contribution in [2.24, 2.45) is 0 Å². The molecule has 0 spiro atoms. The van der Waals surface area contributed by atoms with Gasteiger partial charge in [0.05, 0.1) is 65.4 Å². The van der Waals surface area contributed by atoms with E-state index in [-0.39, 0.29) is 75.3 Å². The molecule has 19 nitrogen and oxygen atoms in total. The molecule has 0 unspecified atom stereocenters. The Labute approximate surface area is 611 Å². The molecule has 0 saturated heterocycles. The van der Waals surface area contributed by atoms with E-state index in [1.54, 1.807) is 70.0 Å². The average Bonchev–Trinajstić information content (AvgIpc) is 1.63. The Kier molecular flexibility index (Phi) is 43.3. The molecular formula is C71H83CoN4O15P3Yb. The van der Waals surface area contributed by atoms with Crippen LogP contribution in [-0.4, -0.2) is 79.6 Å². The van der Waals surface area contributed by atoms with E-state index in [4.69, 9.17) is 38.9 Å². The van der Waals surface area contributed by atoms with E-state index in [2.05, 4.69) is 75.7 Å². The van der Waals surface area contributed by atoms with Gasteiger partial charge in [-0.1, -0.05) is 47.4 Å². The first-order valence-electron chi connectivity index (χ1n) is 29.9. The first-order chi connectivity index (χ1) is 44.9. The summed E-state index contributed by atoms with van der Waals surface area (Å²) in [7, 11) is 1.18. The third-order valence-corrected chi connectivity index (χ3v) is 14.9. The third kappa shape index (κ3) is 29.5. The summed E-state index contributed by atoms with van der Waals surface area (Å²) in [6.45, 7) is 19.4. The van der Waals surface area contributed by atoms with Crippen LogP contribution in [0.25, 0.3) is 88.6 Å². The molecule has 10 rings (SSSR count). The topological polar surface area (TPSA) is 252 Å². The molecule has 5 heterocycles. The van der Waals surface area contributed by atoms with Gasteiger partial charge in [0.15, 0.2) is 0 Å². The Morgan fingerprint density at radius 1 is 0.379 bits per heavy atom. The number of fused-ring (bicyclic) bond motifs is 8. The van der Waals surface area contributed by atoms with E-state index in [1.807, 2.05) is 127 Å². The molecule has 0 aliphatic heterocycles. The Morgan fingerprint density at radius 3 is 0.853 bits per heavy atom. The molecule has 5 aromatic heterocycles. The minimum Gasteiger partial charge on any atom is -0.786 e. The van der Waals surface area contributed by atoms with Gasteiger partial charge < -0.3 is 90.3 Å². The van der Waals surface area contributed by atoms with Crippen molar-refractivity contribution in [1.29, 1.82) is 0 Å². The number of benzene rings is 4. The quantitative estimate of drug-likeness (QED) is 0.0508. The van der Waals surface area contributed by atoms with Crippen molar-refractivity contribution in [1.82, 2.24) is 19.9 Å². The number of ketones is 2. The second-order valence-electron chi connectivity index (χ2n) is 19.2. The van der Waals surface area contributed by atoms with Gasteiger partial charge >= 0.3 is 63.7 Å². The molecule has 0 N–H and O–H groups in total. The first kappa shape index (κ1) is 85.4. The molecule has 0 amide bonds. The Morgan fingerprint density at radius 2 is 0.611 bits per heavy atom. The number of ether oxygens (including phenoxy) is 4. The van der Waals surface area contributed by atoms with Crippen molar-refractivity contribution in [3.8, 4) is 67.5 Å². The van der Waals surface area contributed by atoms with Crippen LogP contribution in [0.15, 0.2) is 176 Å². The third-order valence-electron chi connectivity index (χ3n) is 12.1. The summed E-state index contributed by atoms with van der Waals surface area (Å²) < 4.78 is 49.5. The number of carbonyl (C=O) groups is 2. The molecule has 10 aromatic rings. The summed E-state index contributed by atoms with van der Waals surface area (Å²) in [5.41, 5.74) is 13.7. The van der Waals surface area contributed by atoms with Gasteiger partial charge in [0.2, 0.25) is 0 Å². The van der Waals surface area contributed by atoms with Crippen molar-refractivity contribution in [2.75, 3.05) is 68.1 Å². The molecule has 515 valence electrons. The van der Waals surface area contributed by atoms with Crippen molar-refractivity contribution in [2.45, 2.75) is 69.2 Å². The molecule has 0 aliphatic carbocycles. The van der Waals surface area contributed by atoms with Gasteiger partial charge in [0, 0.05) is 111 Å². The van der Waals surface area contributed by atoms with Crippen LogP contribution in [0.2, 0.25) is 0 Å². The molecule has 24 heteroatoms. The van der Waals surface area contributed by atoms with E-state index in [0.29, 0.717) is 39.6 Å². The van der Waals surface area contributed by atoms with E-state index in [1.165, 1.54) is 27.7 Å². The number of hydrogen-bond acceptors (Lipinski definition) is 15. The molecule has 0 saturated carbocycles. The van der Waals surface area contributed by atoms with Crippen molar-refractivity contribution in [3.05, 3.63) is 176 Å². The van der Waals surface area contributed by atoms with Crippen molar-refractivity contribution < 1.29 is 134 Å². The standard InChI is InChI=1S/C48H36N4O4.C5H5.3C4H10O3P.2C3H6O.Co.Yb/c1-53-33-13-5-29(6-14-33)45-37-21-23-39(49-37)46(30-7-15-34(54-2)16-8-30)41-25-27-43(51-41)48(32-11-19-36(56-4)20-12-32)44-28-26-42(52-44)47(40-24-22-38(45)50-40)31-9-17-35(55-3)18-10-31;1-2-4-5-3-1;3*1-3-6-8(5)7-4-2;2*1-3(2)4;;/h5-28H,1-4H3;1-5H;3*3-4H2,1-2H3;2*1-2H3;;/q-2;4*-1;;;2*+3. The number of Topliss-reactive ketones (excluding diaryl/α,β-unsaturated/α-hetero) is 2. The molecule has 1 radical (unpaired) electrons. The van der Waals surface area contributed by atoms with E-state index in [9.17, 15) is 24.3 Å². The zero-order valence-corrected chi connectivity index (χ0v) is 61.3. The van der Waals surface area contributed by atoms with Gasteiger partial charge in [-0.25, -0.2) is 12.1 Å². The van der Waals surface area contributed by atoms with E-state index in [0.717, 1.165) is 112 Å². The van der Waals surface area contributed by atoms with Crippen LogP contribution in [0.1, 0.15) is 69.2 Å². The van der Waals surface area contributed by atoms with Gasteiger partial charge in [-0.3, -0.25) is 0 Å². The molecule has 0 aliphatic rings. The molecule has 5 aromatic carbocycles. The van der Waals surface area contributed by atoms with Gasteiger partial charge in [-0.05, 0) is 151 Å². The second kappa shape index (κ2) is 48.1. The van der Waals surface area contributed by atoms with Gasteiger partial charge in [0.1, 0.15) is 34.6 Å². The van der Waals surface area contributed by atoms with Crippen LogP contribution < -0.4 is 53.6 Å². The maximum atomic E-state index is 10.3.